The van der Waals surface area contributed by atoms with Gasteiger partial charge in [-0.05, 0) is 29.8 Å². The average Bonchev–Trinajstić information content (AvgIpc) is 3.12. The minimum Gasteiger partial charge on any atom is -0.467 e. The van der Waals surface area contributed by atoms with Gasteiger partial charge >= 0.3 is 11.8 Å². The second-order valence-electron chi connectivity index (χ2n) is 5.32. The molecule has 0 aliphatic rings. The zero-order chi connectivity index (χ0) is 18.9. The van der Waals surface area contributed by atoms with Crippen LogP contribution in [0.15, 0.2) is 47.1 Å². The molecule has 9 heteroatoms. The quantitative estimate of drug-likeness (QED) is 0.449. The molecule has 136 valence electrons. The van der Waals surface area contributed by atoms with Crippen LogP contribution in [0.5, 0.6) is 0 Å². The van der Waals surface area contributed by atoms with Crippen LogP contribution in [0.25, 0.3) is 0 Å². The standard InChI is InChI=1S/C17H18N4O5/c1-11(22)19-13-6-4-12(5-7-13)9-15(23)20-21-17(25)16(24)18-10-14-3-2-8-26-14/h2-8H,9-10H2,1H3,(H,18,24)(H,19,22)(H,20,23)(H,21,25). The van der Waals surface area contributed by atoms with Crippen molar-refractivity contribution >= 4 is 29.3 Å². The molecule has 4 N–H and O–H groups in total. The van der Waals surface area contributed by atoms with E-state index < -0.39 is 17.7 Å². The van der Waals surface area contributed by atoms with Crippen molar-refractivity contribution in [3.63, 3.8) is 0 Å². The highest BCUT2D eigenvalue weighted by Crippen LogP contribution is 2.09. The van der Waals surface area contributed by atoms with Gasteiger partial charge in [0.1, 0.15) is 5.76 Å². The first kappa shape index (κ1) is 18.7. The van der Waals surface area contributed by atoms with Crippen LogP contribution < -0.4 is 21.5 Å². The normalized spacial score (nSPS) is 9.88. The van der Waals surface area contributed by atoms with E-state index in [1.807, 2.05) is 5.43 Å². The van der Waals surface area contributed by atoms with E-state index >= 15 is 0 Å². The summed E-state index contributed by atoms with van der Waals surface area (Å²) < 4.78 is 5.02. The van der Waals surface area contributed by atoms with Gasteiger partial charge < -0.3 is 15.1 Å². The van der Waals surface area contributed by atoms with Gasteiger partial charge in [-0.25, -0.2) is 0 Å². The Morgan fingerprint density at radius 2 is 1.69 bits per heavy atom. The summed E-state index contributed by atoms with van der Waals surface area (Å²) in [5.74, 6) is -2.09. The molecule has 26 heavy (non-hydrogen) atoms. The van der Waals surface area contributed by atoms with Crippen LogP contribution in [0.3, 0.4) is 0 Å². The zero-order valence-corrected chi connectivity index (χ0v) is 14.0. The minimum absolute atomic E-state index is 0.00531. The number of furan rings is 1. The molecule has 0 radical (unpaired) electrons. The molecule has 1 heterocycles. The molecule has 0 aliphatic carbocycles. The lowest BCUT2D eigenvalue weighted by atomic mass is 10.1. The van der Waals surface area contributed by atoms with Gasteiger partial charge in [-0.2, -0.15) is 0 Å². The summed E-state index contributed by atoms with van der Waals surface area (Å²) in [6.45, 7) is 1.46. The SMILES string of the molecule is CC(=O)Nc1ccc(CC(=O)NNC(=O)C(=O)NCc2ccco2)cc1. The van der Waals surface area contributed by atoms with Crippen molar-refractivity contribution in [1.29, 1.82) is 0 Å². The Hall–Kier alpha value is -3.62. The van der Waals surface area contributed by atoms with Crippen molar-refractivity contribution in [3.8, 4) is 0 Å². The Morgan fingerprint density at radius 3 is 2.31 bits per heavy atom. The Labute approximate surface area is 149 Å². The second kappa shape index (κ2) is 9.02. The number of hydrogen-bond acceptors (Lipinski definition) is 5. The van der Waals surface area contributed by atoms with Crippen LogP contribution in [0.4, 0.5) is 5.69 Å². The van der Waals surface area contributed by atoms with Gasteiger partial charge in [0.2, 0.25) is 11.8 Å². The van der Waals surface area contributed by atoms with Crippen molar-refractivity contribution in [1.82, 2.24) is 16.2 Å². The molecule has 4 amide bonds. The number of nitrogens with one attached hydrogen (secondary N) is 4. The van der Waals surface area contributed by atoms with Crippen molar-refractivity contribution in [2.45, 2.75) is 19.9 Å². The summed E-state index contributed by atoms with van der Waals surface area (Å²) >= 11 is 0. The first-order valence-electron chi connectivity index (χ1n) is 7.70. The van der Waals surface area contributed by atoms with Crippen molar-refractivity contribution < 1.29 is 23.6 Å². The third kappa shape index (κ3) is 6.11. The summed E-state index contributed by atoms with van der Waals surface area (Å²) in [6.07, 6.45) is 1.44. The molecule has 0 saturated heterocycles. The van der Waals surface area contributed by atoms with Crippen LogP contribution in [0, 0.1) is 0 Å². The van der Waals surface area contributed by atoms with Gasteiger partial charge in [0, 0.05) is 12.6 Å². The highest BCUT2D eigenvalue weighted by molar-refractivity contribution is 6.35. The molecule has 1 aromatic carbocycles. The van der Waals surface area contributed by atoms with E-state index in [1.165, 1.54) is 13.2 Å². The van der Waals surface area contributed by atoms with E-state index in [-0.39, 0.29) is 18.9 Å². The van der Waals surface area contributed by atoms with Crippen molar-refractivity contribution in [3.05, 3.63) is 54.0 Å². The molecule has 0 aliphatic heterocycles. The summed E-state index contributed by atoms with van der Waals surface area (Å²) in [7, 11) is 0. The third-order valence-corrected chi connectivity index (χ3v) is 3.16. The fourth-order valence-corrected chi connectivity index (χ4v) is 1.98. The largest absolute Gasteiger partial charge is 0.467 e. The molecule has 9 nitrogen and oxygen atoms in total. The number of anilines is 1. The number of benzene rings is 1. The second-order valence-corrected chi connectivity index (χ2v) is 5.32. The lowest BCUT2D eigenvalue weighted by Crippen LogP contribution is -2.48. The highest BCUT2D eigenvalue weighted by Gasteiger charge is 2.14. The van der Waals surface area contributed by atoms with E-state index in [4.69, 9.17) is 4.42 Å². The molecule has 0 atom stereocenters. The Bertz CT molecular complexity index is 784. The van der Waals surface area contributed by atoms with Crippen molar-refractivity contribution in [2.75, 3.05) is 5.32 Å². The van der Waals surface area contributed by atoms with Crippen LogP contribution in [-0.4, -0.2) is 23.6 Å². The molecular weight excluding hydrogens is 340 g/mol. The summed E-state index contributed by atoms with van der Waals surface area (Å²) in [4.78, 5) is 45.9. The third-order valence-electron chi connectivity index (χ3n) is 3.16. The van der Waals surface area contributed by atoms with E-state index in [9.17, 15) is 19.2 Å². The fourth-order valence-electron chi connectivity index (χ4n) is 1.98. The number of rotatable bonds is 5. The average molecular weight is 358 g/mol. The number of hydrogen-bond donors (Lipinski definition) is 4. The van der Waals surface area contributed by atoms with Crippen LogP contribution in [0.1, 0.15) is 18.2 Å². The lowest BCUT2D eigenvalue weighted by Gasteiger charge is -2.08. The summed E-state index contributed by atoms with van der Waals surface area (Å²) in [5, 5.41) is 4.96. The first-order chi connectivity index (χ1) is 12.4. The first-order valence-corrected chi connectivity index (χ1v) is 7.70. The molecule has 0 fully saturated rings. The predicted molar refractivity (Wildman–Crippen MR) is 91.3 cm³/mol. The molecule has 0 unspecified atom stereocenters. The molecular formula is C17H18N4O5. The lowest BCUT2D eigenvalue weighted by molar-refractivity contribution is -0.141. The number of hydrazine groups is 1. The maximum atomic E-state index is 11.8. The van der Waals surface area contributed by atoms with Gasteiger partial charge in [-0.1, -0.05) is 12.1 Å². The van der Waals surface area contributed by atoms with E-state index in [0.717, 1.165) is 0 Å². The molecule has 0 spiro atoms. The minimum atomic E-state index is -0.995. The Kier molecular flexibility index (Phi) is 6.49. The molecule has 0 bridgehead atoms. The molecule has 1 aromatic heterocycles. The van der Waals surface area contributed by atoms with Gasteiger partial charge in [0.05, 0.1) is 19.2 Å². The molecule has 2 rings (SSSR count). The topological polar surface area (TPSA) is 130 Å². The van der Waals surface area contributed by atoms with E-state index in [2.05, 4.69) is 16.1 Å². The van der Waals surface area contributed by atoms with E-state index in [0.29, 0.717) is 17.0 Å². The van der Waals surface area contributed by atoms with Crippen LogP contribution in [0.2, 0.25) is 0 Å². The van der Waals surface area contributed by atoms with Gasteiger partial charge in [-0.15, -0.1) is 0 Å². The van der Waals surface area contributed by atoms with Crippen molar-refractivity contribution in [2.24, 2.45) is 0 Å². The highest BCUT2D eigenvalue weighted by atomic mass is 16.3. The number of amides is 4. The fraction of sp³-hybridized carbons (Fsp3) is 0.176. The molecule has 2 aromatic rings. The maximum absolute atomic E-state index is 11.8. The smallest absolute Gasteiger partial charge is 0.327 e. The van der Waals surface area contributed by atoms with Gasteiger partial charge in [-0.3, -0.25) is 30.0 Å². The summed E-state index contributed by atoms with van der Waals surface area (Å²) in [5.41, 5.74) is 5.48. The van der Waals surface area contributed by atoms with Crippen LogP contribution >= 0.6 is 0 Å². The monoisotopic (exact) mass is 358 g/mol. The molecule has 0 saturated carbocycles. The van der Waals surface area contributed by atoms with Gasteiger partial charge in [0.25, 0.3) is 0 Å². The van der Waals surface area contributed by atoms with Crippen LogP contribution in [-0.2, 0) is 32.1 Å². The maximum Gasteiger partial charge on any atom is 0.327 e. The summed E-state index contributed by atoms with van der Waals surface area (Å²) in [6, 6.07) is 9.96. The zero-order valence-electron chi connectivity index (χ0n) is 14.0. The van der Waals surface area contributed by atoms with Gasteiger partial charge in [0.15, 0.2) is 0 Å². The Morgan fingerprint density at radius 1 is 0.962 bits per heavy atom. The number of carbonyl (C=O) groups excluding carboxylic acids is 4. The Balaban J connectivity index is 1.72. The predicted octanol–water partition coefficient (Wildman–Crippen LogP) is 0.244. The number of carbonyl (C=O) groups is 4. The van der Waals surface area contributed by atoms with E-state index in [1.54, 1.807) is 36.4 Å².